The molecule has 2 rings (SSSR count). The normalized spacial score (nSPS) is 10.5. The Kier molecular flexibility index (Phi) is 7.98. The average Bonchev–Trinajstić information content (AvgIpc) is 2.70. The van der Waals surface area contributed by atoms with Crippen molar-refractivity contribution in [2.24, 2.45) is 0 Å². The molecule has 2 aromatic rings. The SMILES string of the molecule is COCCC(=O)Nc1ccc(-c2ccccc2N(C)C(=O)CCOC)cc1. The highest BCUT2D eigenvalue weighted by Gasteiger charge is 2.15. The van der Waals surface area contributed by atoms with Crippen LogP contribution in [0.15, 0.2) is 48.5 Å². The molecule has 0 saturated heterocycles. The lowest BCUT2D eigenvalue weighted by Crippen LogP contribution is -2.27. The third-order valence-corrected chi connectivity index (χ3v) is 4.17. The maximum atomic E-state index is 12.3. The van der Waals surface area contributed by atoms with Crippen LogP contribution < -0.4 is 10.2 Å². The molecule has 0 atom stereocenters. The summed E-state index contributed by atoms with van der Waals surface area (Å²) in [5, 5.41) is 2.84. The number of hydrogen-bond donors (Lipinski definition) is 1. The van der Waals surface area contributed by atoms with E-state index < -0.39 is 0 Å². The first kappa shape index (κ1) is 20.6. The lowest BCUT2D eigenvalue weighted by Gasteiger charge is -2.21. The summed E-state index contributed by atoms with van der Waals surface area (Å²) >= 11 is 0. The van der Waals surface area contributed by atoms with Gasteiger partial charge in [0.25, 0.3) is 0 Å². The summed E-state index contributed by atoms with van der Waals surface area (Å²) < 4.78 is 9.90. The van der Waals surface area contributed by atoms with Gasteiger partial charge in [-0.05, 0) is 23.8 Å². The predicted molar refractivity (Wildman–Crippen MR) is 107 cm³/mol. The molecule has 0 radical (unpaired) electrons. The third kappa shape index (κ3) is 5.91. The fraction of sp³-hybridized carbons (Fsp3) is 0.333. The molecule has 0 spiro atoms. The first-order valence-corrected chi connectivity index (χ1v) is 8.80. The van der Waals surface area contributed by atoms with Gasteiger partial charge in [-0.2, -0.15) is 0 Å². The summed E-state index contributed by atoms with van der Waals surface area (Å²) in [6.45, 7) is 0.781. The first-order chi connectivity index (χ1) is 13.1. The number of benzene rings is 2. The molecule has 0 aliphatic carbocycles. The number of rotatable bonds is 9. The average molecular weight is 370 g/mol. The smallest absolute Gasteiger partial charge is 0.229 e. The summed E-state index contributed by atoms with van der Waals surface area (Å²) in [5.41, 5.74) is 3.47. The highest BCUT2D eigenvalue weighted by molar-refractivity contribution is 5.97. The monoisotopic (exact) mass is 370 g/mol. The molecule has 0 aliphatic heterocycles. The number of hydrogen-bond acceptors (Lipinski definition) is 4. The fourth-order valence-electron chi connectivity index (χ4n) is 2.65. The van der Waals surface area contributed by atoms with Gasteiger partial charge in [-0.3, -0.25) is 9.59 Å². The number of methoxy groups -OCH3 is 2. The van der Waals surface area contributed by atoms with Crippen LogP contribution in [0.3, 0.4) is 0 Å². The van der Waals surface area contributed by atoms with E-state index in [1.54, 1.807) is 26.2 Å². The van der Waals surface area contributed by atoms with E-state index in [1.807, 2.05) is 48.5 Å². The number of ether oxygens (including phenoxy) is 2. The second-order valence-electron chi connectivity index (χ2n) is 6.08. The molecule has 144 valence electrons. The van der Waals surface area contributed by atoms with Crippen molar-refractivity contribution in [3.8, 4) is 11.1 Å². The predicted octanol–water partition coefficient (Wildman–Crippen LogP) is 3.33. The Morgan fingerprint density at radius 1 is 0.926 bits per heavy atom. The van der Waals surface area contributed by atoms with Crippen LogP contribution in [-0.4, -0.2) is 46.3 Å². The van der Waals surface area contributed by atoms with Gasteiger partial charge in [0.2, 0.25) is 11.8 Å². The molecular formula is C21H26N2O4. The lowest BCUT2D eigenvalue weighted by atomic mass is 10.0. The molecule has 2 aromatic carbocycles. The Hall–Kier alpha value is -2.70. The minimum absolute atomic E-state index is 0.00803. The van der Waals surface area contributed by atoms with E-state index in [0.717, 1.165) is 22.5 Å². The van der Waals surface area contributed by atoms with Gasteiger partial charge in [-0.1, -0.05) is 30.3 Å². The third-order valence-electron chi connectivity index (χ3n) is 4.17. The number of para-hydroxylation sites is 1. The number of amides is 2. The molecule has 0 bridgehead atoms. The second-order valence-corrected chi connectivity index (χ2v) is 6.08. The number of carbonyl (C=O) groups excluding carboxylic acids is 2. The molecule has 0 aliphatic rings. The number of carbonyl (C=O) groups is 2. The maximum Gasteiger partial charge on any atom is 0.229 e. The Morgan fingerprint density at radius 2 is 1.56 bits per heavy atom. The van der Waals surface area contributed by atoms with Crippen molar-refractivity contribution < 1.29 is 19.1 Å². The minimum atomic E-state index is -0.0894. The summed E-state index contributed by atoms with van der Waals surface area (Å²) in [6.07, 6.45) is 0.642. The molecule has 0 fully saturated rings. The van der Waals surface area contributed by atoms with E-state index in [2.05, 4.69) is 5.32 Å². The van der Waals surface area contributed by atoms with Crippen molar-refractivity contribution in [3.05, 3.63) is 48.5 Å². The van der Waals surface area contributed by atoms with Gasteiger partial charge in [0.1, 0.15) is 0 Å². The van der Waals surface area contributed by atoms with Gasteiger partial charge < -0.3 is 19.7 Å². The van der Waals surface area contributed by atoms with Crippen LogP contribution in [0.25, 0.3) is 11.1 Å². The van der Waals surface area contributed by atoms with Crippen LogP contribution in [0.4, 0.5) is 11.4 Å². The van der Waals surface area contributed by atoms with Crippen LogP contribution in [0.5, 0.6) is 0 Å². The molecule has 6 nitrogen and oxygen atoms in total. The zero-order valence-electron chi connectivity index (χ0n) is 16.0. The van der Waals surface area contributed by atoms with Gasteiger partial charge in [0, 0.05) is 32.5 Å². The molecule has 2 amide bonds. The fourth-order valence-corrected chi connectivity index (χ4v) is 2.65. The molecule has 27 heavy (non-hydrogen) atoms. The van der Waals surface area contributed by atoms with Crippen molar-refractivity contribution in [1.29, 1.82) is 0 Å². The van der Waals surface area contributed by atoms with Gasteiger partial charge >= 0.3 is 0 Å². The zero-order chi connectivity index (χ0) is 19.6. The standard InChI is InChI=1S/C21H26N2O4/c1-23(21(25)13-15-27-3)19-7-5-4-6-18(19)16-8-10-17(11-9-16)22-20(24)12-14-26-2/h4-11H,12-15H2,1-3H3,(H,22,24). The molecule has 0 unspecified atom stereocenters. The van der Waals surface area contributed by atoms with Crippen LogP contribution in [0.1, 0.15) is 12.8 Å². The quantitative estimate of drug-likeness (QED) is 0.735. The summed E-state index contributed by atoms with van der Waals surface area (Å²) in [4.78, 5) is 25.8. The van der Waals surface area contributed by atoms with Gasteiger partial charge in [0.15, 0.2) is 0 Å². The Morgan fingerprint density at radius 3 is 2.22 bits per heavy atom. The van der Waals surface area contributed by atoms with Crippen molar-refractivity contribution in [3.63, 3.8) is 0 Å². The van der Waals surface area contributed by atoms with E-state index >= 15 is 0 Å². The maximum absolute atomic E-state index is 12.3. The molecular weight excluding hydrogens is 344 g/mol. The van der Waals surface area contributed by atoms with Crippen molar-refractivity contribution in [1.82, 2.24) is 0 Å². The minimum Gasteiger partial charge on any atom is -0.384 e. The summed E-state index contributed by atoms with van der Waals surface area (Å²) in [7, 11) is 4.91. The van der Waals surface area contributed by atoms with E-state index in [9.17, 15) is 9.59 Å². The molecule has 0 saturated carbocycles. The molecule has 0 aromatic heterocycles. The van der Waals surface area contributed by atoms with E-state index in [1.165, 1.54) is 0 Å². The topological polar surface area (TPSA) is 67.9 Å². The zero-order valence-corrected chi connectivity index (χ0v) is 16.0. The largest absolute Gasteiger partial charge is 0.384 e. The van der Waals surface area contributed by atoms with Crippen LogP contribution in [-0.2, 0) is 19.1 Å². The summed E-state index contributed by atoms with van der Waals surface area (Å²) in [6, 6.07) is 15.3. The van der Waals surface area contributed by atoms with E-state index in [4.69, 9.17) is 9.47 Å². The van der Waals surface area contributed by atoms with Crippen molar-refractivity contribution in [2.45, 2.75) is 12.8 Å². The Labute approximate surface area is 160 Å². The van der Waals surface area contributed by atoms with Crippen LogP contribution in [0, 0.1) is 0 Å². The lowest BCUT2D eigenvalue weighted by molar-refractivity contribution is -0.119. The van der Waals surface area contributed by atoms with Gasteiger partial charge in [-0.25, -0.2) is 0 Å². The van der Waals surface area contributed by atoms with Crippen LogP contribution >= 0.6 is 0 Å². The second kappa shape index (κ2) is 10.4. The number of nitrogens with one attached hydrogen (secondary N) is 1. The van der Waals surface area contributed by atoms with Crippen LogP contribution in [0.2, 0.25) is 0 Å². The van der Waals surface area contributed by atoms with Gasteiger partial charge in [-0.15, -0.1) is 0 Å². The van der Waals surface area contributed by atoms with Crippen molar-refractivity contribution >= 4 is 23.2 Å². The first-order valence-electron chi connectivity index (χ1n) is 8.80. The van der Waals surface area contributed by atoms with E-state index in [0.29, 0.717) is 26.1 Å². The Balaban J connectivity index is 2.16. The number of nitrogens with zero attached hydrogens (tertiary/aromatic N) is 1. The Bertz CT molecular complexity index is 759. The molecule has 1 N–H and O–H groups in total. The highest BCUT2D eigenvalue weighted by atomic mass is 16.5. The molecule has 6 heteroatoms. The van der Waals surface area contributed by atoms with Gasteiger partial charge in [0.05, 0.1) is 31.7 Å². The van der Waals surface area contributed by atoms with Crippen molar-refractivity contribution in [2.75, 3.05) is 44.7 Å². The summed E-state index contributed by atoms with van der Waals surface area (Å²) in [5.74, 6) is -0.0974. The highest BCUT2D eigenvalue weighted by Crippen LogP contribution is 2.31. The number of anilines is 2. The molecule has 0 heterocycles. The van der Waals surface area contributed by atoms with E-state index in [-0.39, 0.29) is 11.8 Å².